The normalized spacial score (nSPS) is 22.2. The molecule has 0 amide bonds. The predicted molar refractivity (Wildman–Crippen MR) is 126 cm³/mol. The fourth-order valence-electron chi connectivity index (χ4n) is 4.43. The van der Waals surface area contributed by atoms with Gasteiger partial charge in [0.1, 0.15) is 12.4 Å². The summed E-state index contributed by atoms with van der Waals surface area (Å²) in [5, 5.41) is 10.3. The van der Waals surface area contributed by atoms with Crippen molar-refractivity contribution in [2.24, 2.45) is 11.8 Å². The van der Waals surface area contributed by atoms with Gasteiger partial charge in [0.2, 0.25) is 0 Å². The summed E-state index contributed by atoms with van der Waals surface area (Å²) in [7, 11) is 0. The zero-order valence-electron chi connectivity index (χ0n) is 20.6. The van der Waals surface area contributed by atoms with E-state index < -0.39 is 6.10 Å². The smallest absolute Gasteiger partial charge is 0.123 e. The standard InChI is InChI=1S/C26H45NO3/c1-19-13-20(2)16-27(15-19)17-22(28)18-29-11-12-30-24-10-9-21(25(3,4)5)14-23(24)26(6,7)8/h9-10,14,19-20,22,28H,11-13,15-18H2,1-8H3/t19-,20+,22-/m0/s1. The largest absolute Gasteiger partial charge is 0.491 e. The minimum Gasteiger partial charge on any atom is -0.491 e. The van der Waals surface area contributed by atoms with Crippen molar-refractivity contribution in [1.29, 1.82) is 0 Å². The molecule has 0 radical (unpaired) electrons. The van der Waals surface area contributed by atoms with E-state index in [0.29, 0.717) is 38.2 Å². The SMILES string of the molecule is C[C@@H]1C[C@H](C)CN(C[C@H](O)COCCOc2ccc(C(C)(C)C)cc2C(C)(C)C)C1. The fraction of sp³-hybridized carbons (Fsp3) is 0.769. The van der Waals surface area contributed by atoms with Crippen LogP contribution in [0.4, 0.5) is 0 Å². The molecular formula is C26H45NO3. The van der Waals surface area contributed by atoms with Crippen LogP contribution in [0.25, 0.3) is 0 Å². The van der Waals surface area contributed by atoms with E-state index >= 15 is 0 Å². The maximum Gasteiger partial charge on any atom is 0.123 e. The number of hydrogen-bond acceptors (Lipinski definition) is 4. The Kier molecular flexibility index (Phi) is 8.79. The molecule has 1 N–H and O–H groups in total. The number of aliphatic hydroxyl groups is 1. The molecule has 0 unspecified atom stereocenters. The Balaban J connectivity index is 1.80. The first-order valence-corrected chi connectivity index (χ1v) is 11.6. The molecule has 3 atom stereocenters. The fourth-order valence-corrected chi connectivity index (χ4v) is 4.43. The highest BCUT2D eigenvalue weighted by atomic mass is 16.5. The van der Waals surface area contributed by atoms with Crippen molar-refractivity contribution in [3.8, 4) is 5.75 Å². The highest BCUT2D eigenvalue weighted by molar-refractivity contribution is 5.43. The number of likely N-dealkylation sites (tertiary alicyclic amines) is 1. The molecule has 1 aromatic carbocycles. The van der Waals surface area contributed by atoms with Gasteiger partial charge in [-0.2, -0.15) is 0 Å². The second kappa shape index (κ2) is 10.5. The number of piperidine rings is 1. The summed E-state index contributed by atoms with van der Waals surface area (Å²) in [5.74, 6) is 2.34. The predicted octanol–water partition coefficient (Wildman–Crippen LogP) is 5.02. The van der Waals surface area contributed by atoms with Gasteiger partial charge in [0.15, 0.2) is 0 Å². The van der Waals surface area contributed by atoms with Gasteiger partial charge in [0.25, 0.3) is 0 Å². The molecule has 30 heavy (non-hydrogen) atoms. The molecule has 0 spiro atoms. The van der Waals surface area contributed by atoms with E-state index in [1.165, 1.54) is 17.5 Å². The van der Waals surface area contributed by atoms with Crippen molar-refractivity contribution >= 4 is 0 Å². The van der Waals surface area contributed by atoms with Crippen LogP contribution in [-0.4, -0.2) is 55.6 Å². The minimum absolute atomic E-state index is 0.0103. The van der Waals surface area contributed by atoms with Crippen molar-refractivity contribution in [1.82, 2.24) is 4.90 Å². The van der Waals surface area contributed by atoms with E-state index in [9.17, 15) is 5.11 Å². The lowest BCUT2D eigenvalue weighted by Crippen LogP contribution is -2.43. The average molecular weight is 420 g/mol. The van der Waals surface area contributed by atoms with Crippen molar-refractivity contribution in [2.75, 3.05) is 39.5 Å². The third-order valence-corrected chi connectivity index (χ3v) is 5.86. The van der Waals surface area contributed by atoms with Gasteiger partial charge in [-0.05, 0) is 46.3 Å². The molecule has 1 aliphatic rings. The first-order valence-electron chi connectivity index (χ1n) is 11.6. The summed E-state index contributed by atoms with van der Waals surface area (Å²) in [6, 6.07) is 6.53. The van der Waals surface area contributed by atoms with Gasteiger partial charge < -0.3 is 19.5 Å². The third-order valence-electron chi connectivity index (χ3n) is 5.86. The van der Waals surface area contributed by atoms with Crippen LogP contribution in [0.15, 0.2) is 18.2 Å². The Hall–Kier alpha value is -1.10. The van der Waals surface area contributed by atoms with E-state index in [0.717, 1.165) is 18.8 Å². The third kappa shape index (κ3) is 7.86. The Bertz CT molecular complexity index is 649. The summed E-state index contributed by atoms with van der Waals surface area (Å²) >= 11 is 0. The molecule has 0 aromatic heterocycles. The van der Waals surface area contributed by atoms with Crippen molar-refractivity contribution in [3.63, 3.8) is 0 Å². The molecule has 1 heterocycles. The molecule has 0 aliphatic carbocycles. The zero-order chi connectivity index (χ0) is 22.5. The van der Waals surface area contributed by atoms with Crippen molar-refractivity contribution < 1.29 is 14.6 Å². The Morgan fingerprint density at radius 3 is 2.20 bits per heavy atom. The van der Waals surface area contributed by atoms with Gasteiger partial charge >= 0.3 is 0 Å². The summed E-state index contributed by atoms with van der Waals surface area (Å²) in [6.07, 6.45) is 0.840. The number of aliphatic hydroxyl groups excluding tert-OH is 1. The lowest BCUT2D eigenvalue weighted by molar-refractivity contribution is -0.00221. The molecule has 1 fully saturated rings. The van der Waals surface area contributed by atoms with Crippen LogP contribution in [0.5, 0.6) is 5.75 Å². The maximum atomic E-state index is 10.3. The molecule has 172 valence electrons. The lowest BCUT2D eigenvalue weighted by atomic mass is 9.80. The van der Waals surface area contributed by atoms with Crippen molar-refractivity contribution in [2.45, 2.75) is 78.7 Å². The molecular weight excluding hydrogens is 374 g/mol. The summed E-state index contributed by atoms with van der Waals surface area (Å²) in [4.78, 5) is 2.37. The first kappa shape index (κ1) is 25.2. The molecule has 0 bridgehead atoms. The summed E-state index contributed by atoms with van der Waals surface area (Å²) in [5.41, 5.74) is 2.67. The van der Waals surface area contributed by atoms with Crippen LogP contribution in [0.2, 0.25) is 0 Å². The molecule has 2 rings (SSSR count). The number of hydrogen-bond donors (Lipinski definition) is 1. The number of rotatable bonds is 8. The Labute approximate surface area is 185 Å². The second-order valence-electron chi connectivity index (χ2n) is 11.5. The van der Waals surface area contributed by atoms with E-state index in [2.05, 4.69) is 78.5 Å². The Morgan fingerprint density at radius 1 is 1.00 bits per heavy atom. The van der Waals surface area contributed by atoms with Gasteiger partial charge in [0, 0.05) is 19.6 Å². The summed E-state index contributed by atoms with van der Waals surface area (Å²) < 4.78 is 11.8. The van der Waals surface area contributed by atoms with Crippen LogP contribution < -0.4 is 4.74 Å². The van der Waals surface area contributed by atoms with Crippen LogP contribution in [0.3, 0.4) is 0 Å². The van der Waals surface area contributed by atoms with Crippen LogP contribution >= 0.6 is 0 Å². The van der Waals surface area contributed by atoms with Gasteiger partial charge in [0.05, 0.1) is 19.3 Å². The average Bonchev–Trinajstić information content (AvgIpc) is 2.58. The molecule has 1 aromatic rings. The molecule has 4 nitrogen and oxygen atoms in total. The number of benzene rings is 1. The second-order valence-corrected chi connectivity index (χ2v) is 11.5. The molecule has 1 aliphatic heterocycles. The van der Waals surface area contributed by atoms with Gasteiger partial charge in [-0.15, -0.1) is 0 Å². The van der Waals surface area contributed by atoms with E-state index in [4.69, 9.17) is 9.47 Å². The highest BCUT2D eigenvalue weighted by Crippen LogP contribution is 2.35. The minimum atomic E-state index is -0.446. The molecule has 0 saturated carbocycles. The lowest BCUT2D eigenvalue weighted by Gasteiger charge is -2.35. The highest BCUT2D eigenvalue weighted by Gasteiger charge is 2.24. The number of nitrogens with zero attached hydrogens (tertiary/aromatic N) is 1. The van der Waals surface area contributed by atoms with Crippen LogP contribution in [-0.2, 0) is 15.6 Å². The zero-order valence-corrected chi connectivity index (χ0v) is 20.6. The van der Waals surface area contributed by atoms with E-state index in [1.807, 2.05) is 0 Å². The number of β-amino-alcohol motifs (C(OH)–C–C–N with tert-alkyl or cyclic N) is 1. The van der Waals surface area contributed by atoms with Gasteiger partial charge in [-0.25, -0.2) is 0 Å². The molecule has 1 saturated heterocycles. The molecule has 4 heteroatoms. The number of ether oxygens (including phenoxy) is 2. The quantitative estimate of drug-likeness (QED) is 0.601. The van der Waals surface area contributed by atoms with E-state index in [1.54, 1.807) is 0 Å². The Morgan fingerprint density at radius 2 is 1.63 bits per heavy atom. The van der Waals surface area contributed by atoms with E-state index in [-0.39, 0.29) is 10.8 Å². The van der Waals surface area contributed by atoms with Gasteiger partial charge in [-0.1, -0.05) is 67.5 Å². The monoisotopic (exact) mass is 419 g/mol. The summed E-state index contributed by atoms with van der Waals surface area (Å²) in [6.45, 7) is 22.1. The first-order chi connectivity index (χ1) is 13.9. The van der Waals surface area contributed by atoms with Crippen LogP contribution in [0, 0.1) is 11.8 Å². The topological polar surface area (TPSA) is 41.9 Å². The van der Waals surface area contributed by atoms with Crippen molar-refractivity contribution in [3.05, 3.63) is 29.3 Å². The maximum absolute atomic E-state index is 10.3. The van der Waals surface area contributed by atoms with Gasteiger partial charge in [-0.3, -0.25) is 0 Å². The van der Waals surface area contributed by atoms with Crippen LogP contribution in [0.1, 0.15) is 72.9 Å².